The first-order valence-electron chi connectivity index (χ1n) is 8.01. The van der Waals surface area contributed by atoms with E-state index in [9.17, 15) is 23.1 Å². The number of carbonyl (C=O) groups is 1. The zero-order valence-electron chi connectivity index (χ0n) is 12.7. The molecule has 1 aromatic rings. The van der Waals surface area contributed by atoms with Gasteiger partial charge in [0.2, 0.25) is 0 Å². The number of aryl methyl sites for hydroxylation is 1. The number of carbonyl (C=O) groups excluding carboxylic acids is 1. The smallest absolute Gasteiger partial charge is 0.383 e. The molecule has 1 atom stereocenters. The number of rotatable bonds is 2. The minimum absolute atomic E-state index is 0.0654. The Labute approximate surface area is 137 Å². The molecule has 128 valence electrons. The first-order valence-corrected chi connectivity index (χ1v) is 8.89. The normalized spacial score (nSPS) is 21.1. The molecular formula is C16H20F3NO2S. The molecule has 0 bridgehead atoms. The van der Waals surface area contributed by atoms with Gasteiger partial charge in [0, 0.05) is 23.3 Å². The molecule has 23 heavy (non-hydrogen) atoms. The zero-order chi connectivity index (χ0) is 16.6. The van der Waals surface area contributed by atoms with Gasteiger partial charge in [-0.25, -0.2) is 0 Å². The summed E-state index contributed by atoms with van der Waals surface area (Å²) in [6.45, 7) is 0.558. The van der Waals surface area contributed by atoms with E-state index >= 15 is 0 Å². The van der Waals surface area contributed by atoms with Crippen LogP contribution < -0.4 is 0 Å². The van der Waals surface area contributed by atoms with E-state index in [4.69, 9.17) is 0 Å². The van der Waals surface area contributed by atoms with Gasteiger partial charge in [0.15, 0.2) is 6.10 Å². The maximum Gasteiger partial charge on any atom is 0.414 e. The number of fused-ring (bicyclic) bond motifs is 1. The highest BCUT2D eigenvalue weighted by Crippen LogP contribution is 2.34. The van der Waals surface area contributed by atoms with Gasteiger partial charge < -0.3 is 10.0 Å². The number of piperidine rings is 1. The Kier molecular flexibility index (Phi) is 4.69. The lowest BCUT2D eigenvalue weighted by atomic mass is 9.90. The van der Waals surface area contributed by atoms with Gasteiger partial charge >= 0.3 is 6.18 Å². The van der Waals surface area contributed by atoms with Crippen LogP contribution in [0.2, 0.25) is 0 Å². The molecule has 1 N–H and O–H groups in total. The van der Waals surface area contributed by atoms with Crippen LogP contribution in [-0.2, 0) is 12.8 Å². The second kappa shape index (κ2) is 6.43. The minimum Gasteiger partial charge on any atom is -0.383 e. The van der Waals surface area contributed by atoms with Gasteiger partial charge in [0.25, 0.3) is 5.91 Å². The summed E-state index contributed by atoms with van der Waals surface area (Å²) in [6.07, 6.45) is -2.29. The molecule has 3 rings (SSSR count). The van der Waals surface area contributed by atoms with Crippen LogP contribution in [0.3, 0.4) is 0 Å². The maximum atomic E-state index is 12.7. The predicted molar refractivity (Wildman–Crippen MR) is 81.7 cm³/mol. The number of aliphatic hydroxyl groups is 1. The number of thiophene rings is 1. The summed E-state index contributed by atoms with van der Waals surface area (Å²) < 4.78 is 37.7. The van der Waals surface area contributed by atoms with Gasteiger partial charge in [0.05, 0.1) is 5.56 Å². The largest absolute Gasteiger partial charge is 0.414 e. The van der Waals surface area contributed by atoms with Gasteiger partial charge in [-0.05, 0) is 50.0 Å². The standard InChI is InChI=1S/C16H20F3NO2S/c17-16(18,19)14(21)10-5-7-20(8-6-10)15(22)12-9-23-13-4-2-1-3-11(12)13/h9-10,14,21H,1-8H2. The Hall–Kier alpha value is -1.08. The molecule has 1 saturated heterocycles. The first-order chi connectivity index (χ1) is 10.9. The fraction of sp³-hybridized carbons (Fsp3) is 0.688. The number of nitrogens with zero attached hydrogens (tertiary/aromatic N) is 1. The molecule has 0 radical (unpaired) electrons. The average Bonchev–Trinajstić information content (AvgIpc) is 2.97. The van der Waals surface area contributed by atoms with Crippen molar-refractivity contribution in [3.63, 3.8) is 0 Å². The number of likely N-dealkylation sites (tertiary alicyclic amines) is 1. The summed E-state index contributed by atoms with van der Waals surface area (Å²) >= 11 is 1.62. The second-order valence-electron chi connectivity index (χ2n) is 6.37. The summed E-state index contributed by atoms with van der Waals surface area (Å²) in [5.41, 5.74) is 1.88. The van der Waals surface area contributed by atoms with Crippen LogP contribution in [0.5, 0.6) is 0 Å². The molecule has 1 fully saturated rings. The van der Waals surface area contributed by atoms with Crippen molar-refractivity contribution < 1.29 is 23.1 Å². The molecule has 0 aromatic carbocycles. The number of hydrogen-bond acceptors (Lipinski definition) is 3. The maximum absolute atomic E-state index is 12.7. The monoisotopic (exact) mass is 347 g/mol. The van der Waals surface area contributed by atoms with Gasteiger partial charge in [-0.3, -0.25) is 4.79 Å². The Morgan fingerprint density at radius 2 is 1.91 bits per heavy atom. The Morgan fingerprint density at radius 3 is 2.57 bits per heavy atom. The summed E-state index contributed by atoms with van der Waals surface area (Å²) in [4.78, 5) is 15.6. The Bertz CT molecular complexity index is 576. The van der Waals surface area contributed by atoms with Crippen molar-refractivity contribution >= 4 is 17.2 Å². The number of aliphatic hydroxyl groups excluding tert-OH is 1. The quantitative estimate of drug-likeness (QED) is 0.891. The second-order valence-corrected chi connectivity index (χ2v) is 7.34. The lowest BCUT2D eigenvalue weighted by Gasteiger charge is -2.35. The summed E-state index contributed by atoms with van der Waals surface area (Å²) in [7, 11) is 0. The van der Waals surface area contributed by atoms with Crippen molar-refractivity contribution in [1.82, 2.24) is 4.90 Å². The number of halogens is 3. The lowest BCUT2D eigenvalue weighted by Crippen LogP contribution is -2.45. The Balaban J connectivity index is 1.64. The van der Waals surface area contributed by atoms with Gasteiger partial charge in [0.1, 0.15) is 0 Å². The van der Waals surface area contributed by atoms with Gasteiger partial charge in [-0.15, -0.1) is 11.3 Å². The lowest BCUT2D eigenvalue weighted by molar-refractivity contribution is -0.222. The molecule has 1 amide bonds. The van der Waals surface area contributed by atoms with Crippen LogP contribution in [0.15, 0.2) is 5.38 Å². The van der Waals surface area contributed by atoms with E-state index in [1.54, 1.807) is 16.2 Å². The fourth-order valence-corrected chi connectivity index (χ4v) is 4.65. The van der Waals surface area contributed by atoms with Crippen LogP contribution >= 0.6 is 11.3 Å². The molecule has 1 aliphatic carbocycles. The molecule has 1 unspecified atom stereocenters. The number of amides is 1. The molecule has 7 heteroatoms. The van der Waals surface area contributed by atoms with E-state index in [1.807, 2.05) is 5.38 Å². The van der Waals surface area contributed by atoms with E-state index in [2.05, 4.69) is 0 Å². The molecule has 2 heterocycles. The van der Waals surface area contributed by atoms with E-state index < -0.39 is 18.2 Å². The first kappa shape index (κ1) is 16.8. The third kappa shape index (κ3) is 3.40. The average molecular weight is 347 g/mol. The van der Waals surface area contributed by atoms with Crippen molar-refractivity contribution in [2.45, 2.75) is 50.8 Å². The third-order valence-corrected chi connectivity index (χ3v) is 5.99. The topological polar surface area (TPSA) is 40.5 Å². The fourth-order valence-electron chi connectivity index (χ4n) is 3.53. The predicted octanol–water partition coefficient (Wildman–Crippen LogP) is 3.40. The SMILES string of the molecule is O=C(c1csc2c1CCCC2)N1CCC(C(O)C(F)(F)F)CC1. The van der Waals surface area contributed by atoms with Crippen molar-refractivity contribution in [3.05, 3.63) is 21.4 Å². The highest BCUT2D eigenvalue weighted by molar-refractivity contribution is 7.10. The van der Waals surface area contributed by atoms with Crippen molar-refractivity contribution in [2.75, 3.05) is 13.1 Å². The van der Waals surface area contributed by atoms with Gasteiger partial charge in [-0.2, -0.15) is 13.2 Å². The highest BCUT2D eigenvalue weighted by Gasteiger charge is 2.44. The van der Waals surface area contributed by atoms with Crippen LogP contribution in [0.4, 0.5) is 13.2 Å². The van der Waals surface area contributed by atoms with Gasteiger partial charge in [-0.1, -0.05) is 0 Å². The van der Waals surface area contributed by atoms with Crippen LogP contribution in [0.25, 0.3) is 0 Å². The molecule has 0 spiro atoms. The van der Waals surface area contributed by atoms with Crippen LogP contribution in [-0.4, -0.2) is 41.3 Å². The number of hydrogen-bond donors (Lipinski definition) is 1. The molecule has 2 aliphatic rings. The van der Waals surface area contributed by atoms with Crippen LogP contribution in [0.1, 0.15) is 46.5 Å². The van der Waals surface area contributed by atoms with E-state index in [1.165, 1.54) is 4.88 Å². The van der Waals surface area contributed by atoms with Crippen LogP contribution in [0, 0.1) is 5.92 Å². The summed E-state index contributed by atoms with van der Waals surface area (Å²) in [6, 6.07) is 0. The van der Waals surface area contributed by atoms with E-state index in [0.29, 0.717) is 0 Å². The van der Waals surface area contributed by atoms with Crippen molar-refractivity contribution in [3.8, 4) is 0 Å². The summed E-state index contributed by atoms with van der Waals surface area (Å²) in [5, 5.41) is 11.2. The molecular weight excluding hydrogens is 327 g/mol. The molecule has 0 saturated carbocycles. The van der Waals surface area contributed by atoms with E-state index in [-0.39, 0.29) is 31.8 Å². The molecule has 1 aromatic heterocycles. The Morgan fingerprint density at radius 1 is 1.26 bits per heavy atom. The van der Waals surface area contributed by atoms with E-state index in [0.717, 1.165) is 36.8 Å². The zero-order valence-corrected chi connectivity index (χ0v) is 13.6. The molecule has 1 aliphatic heterocycles. The van der Waals surface area contributed by atoms with Crippen molar-refractivity contribution in [1.29, 1.82) is 0 Å². The number of alkyl halides is 3. The minimum atomic E-state index is -4.58. The third-order valence-electron chi connectivity index (χ3n) is 4.90. The van der Waals surface area contributed by atoms with Crippen molar-refractivity contribution in [2.24, 2.45) is 5.92 Å². The molecule has 3 nitrogen and oxygen atoms in total. The summed E-state index contributed by atoms with van der Waals surface area (Å²) in [5.74, 6) is -0.875. The highest BCUT2D eigenvalue weighted by atomic mass is 32.1.